The number of thiazole rings is 1. The van der Waals surface area contributed by atoms with E-state index in [1.807, 2.05) is 6.20 Å². The summed E-state index contributed by atoms with van der Waals surface area (Å²) in [7, 11) is 1.80. The number of aliphatic carboxylic acids is 1. The predicted octanol–water partition coefficient (Wildman–Crippen LogP) is 0.469. The highest BCUT2D eigenvalue weighted by Crippen LogP contribution is 2.26. The molecule has 0 bridgehead atoms. The number of amides is 1. The molecule has 0 radical (unpaired) electrons. The van der Waals surface area contributed by atoms with Crippen LogP contribution in [0.5, 0.6) is 0 Å². The van der Waals surface area contributed by atoms with Gasteiger partial charge in [0, 0.05) is 25.4 Å². The number of hydrogen-bond acceptors (Lipinski definition) is 6. The zero-order valence-electron chi connectivity index (χ0n) is 11.8. The highest BCUT2D eigenvalue weighted by atomic mass is 32.1. The average Bonchev–Trinajstić information content (AvgIpc) is 3.15. The van der Waals surface area contributed by atoms with E-state index in [4.69, 9.17) is 4.74 Å². The van der Waals surface area contributed by atoms with Crippen molar-refractivity contribution >= 4 is 23.2 Å². The van der Waals surface area contributed by atoms with Gasteiger partial charge in [-0.3, -0.25) is 9.48 Å². The van der Waals surface area contributed by atoms with Gasteiger partial charge in [-0.15, -0.1) is 11.3 Å². The molecule has 2 aromatic heterocycles. The minimum Gasteiger partial charge on any atom is -0.480 e. The van der Waals surface area contributed by atoms with Crippen molar-refractivity contribution in [1.82, 2.24) is 19.7 Å². The smallest absolute Gasteiger partial charge is 0.328 e. The Kier molecular flexibility index (Phi) is 3.90. The van der Waals surface area contributed by atoms with Gasteiger partial charge in [0.15, 0.2) is 6.04 Å². The van der Waals surface area contributed by atoms with Crippen LogP contribution in [0.15, 0.2) is 18.6 Å². The molecule has 1 amide bonds. The van der Waals surface area contributed by atoms with Crippen LogP contribution in [0.3, 0.4) is 0 Å². The molecule has 2 aromatic rings. The SMILES string of the molecule is Cn1cc(-c2ncc(C(=O)N3CCOC[C@@H]3C(=O)O)s2)cn1. The van der Waals surface area contributed by atoms with E-state index in [9.17, 15) is 14.7 Å². The Hall–Kier alpha value is -2.26. The Morgan fingerprint density at radius 1 is 1.45 bits per heavy atom. The van der Waals surface area contributed by atoms with Crippen molar-refractivity contribution < 1.29 is 19.4 Å². The fraction of sp³-hybridized carbons (Fsp3) is 0.385. The molecule has 22 heavy (non-hydrogen) atoms. The van der Waals surface area contributed by atoms with E-state index in [1.54, 1.807) is 17.9 Å². The van der Waals surface area contributed by atoms with E-state index >= 15 is 0 Å². The van der Waals surface area contributed by atoms with Gasteiger partial charge in [0.2, 0.25) is 0 Å². The molecule has 3 rings (SSSR count). The van der Waals surface area contributed by atoms with Crippen LogP contribution < -0.4 is 0 Å². The second-order valence-electron chi connectivity index (χ2n) is 4.86. The maximum atomic E-state index is 12.5. The van der Waals surface area contributed by atoms with Gasteiger partial charge in [-0.05, 0) is 0 Å². The lowest BCUT2D eigenvalue weighted by Gasteiger charge is -2.32. The van der Waals surface area contributed by atoms with Gasteiger partial charge in [0.25, 0.3) is 5.91 Å². The summed E-state index contributed by atoms with van der Waals surface area (Å²) in [5.41, 5.74) is 0.823. The first kappa shape index (κ1) is 14.7. The summed E-state index contributed by atoms with van der Waals surface area (Å²) < 4.78 is 6.79. The predicted molar refractivity (Wildman–Crippen MR) is 77.6 cm³/mol. The molecule has 1 atom stereocenters. The van der Waals surface area contributed by atoms with Gasteiger partial charge in [-0.25, -0.2) is 9.78 Å². The highest BCUT2D eigenvalue weighted by molar-refractivity contribution is 7.16. The molecule has 8 nitrogen and oxygen atoms in total. The largest absolute Gasteiger partial charge is 0.480 e. The zero-order chi connectivity index (χ0) is 15.7. The van der Waals surface area contributed by atoms with Gasteiger partial charge in [0.05, 0.1) is 25.6 Å². The Morgan fingerprint density at radius 3 is 2.95 bits per heavy atom. The van der Waals surface area contributed by atoms with Crippen LogP contribution in [0.2, 0.25) is 0 Å². The molecular formula is C13H14N4O4S. The van der Waals surface area contributed by atoms with Crippen LogP contribution in [0.1, 0.15) is 9.67 Å². The lowest BCUT2D eigenvalue weighted by Crippen LogP contribution is -2.52. The van der Waals surface area contributed by atoms with Crippen LogP contribution in [0, 0.1) is 0 Å². The standard InChI is InChI=1S/C13H14N4O4S/c1-16-6-8(4-15-16)11-14-5-10(22-11)12(18)17-2-3-21-7-9(17)13(19)20/h4-6,9H,2-3,7H2,1H3,(H,19,20)/t9-/m1/s1. The van der Waals surface area contributed by atoms with Crippen LogP contribution >= 0.6 is 11.3 Å². The molecule has 0 aliphatic carbocycles. The van der Waals surface area contributed by atoms with E-state index in [0.29, 0.717) is 16.5 Å². The second-order valence-corrected chi connectivity index (χ2v) is 5.89. The van der Waals surface area contributed by atoms with Gasteiger partial charge in [-0.2, -0.15) is 5.10 Å². The van der Waals surface area contributed by atoms with E-state index in [1.165, 1.54) is 22.4 Å². The number of carbonyl (C=O) groups excluding carboxylic acids is 1. The number of carboxylic acids is 1. The minimum atomic E-state index is -1.06. The minimum absolute atomic E-state index is 0.00927. The fourth-order valence-electron chi connectivity index (χ4n) is 2.23. The van der Waals surface area contributed by atoms with Crippen molar-refractivity contribution in [3.05, 3.63) is 23.5 Å². The number of morpholine rings is 1. The van der Waals surface area contributed by atoms with Crippen molar-refractivity contribution in [2.24, 2.45) is 7.05 Å². The number of aryl methyl sites for hydroxylation is 1. The van der Waals surface area contributed by atoms with Crippen LogP contribution in [0.25, 0.3) is 10.6 Å². The fourth-order valence-corrected chi connectivity index (χ4v) is 3.08. The van der Waals surface area contributed by atoms with Gasteiger partial charge in [-0.1, -0.05) is 0 Å². The monoisotopic (exact) mass is 322 g/mol. The van der Waals surface area contributed by atoms with Crippen molar-refractivity contribution in [3.8, 4) is 10.6 Å². The summed E-state index contributed by atoms with van der Waals surface area (Å²) in [5, 5.41) is 13.9. The molecule has 0 spiro atoms. The number of nitrogens with zero attached hydrogens (tertiary/aromatic N) is 4. The van der Waals surface area contributed by atoms with E-state index < -0.39 is 12.0 Å². The molecule has 1 fully saturated rings. The quantitative estimate of drug-likeness (QED) is 0.882. The van der Waals surface area contributed by atoms with Crippen molar-refractivity contribution in [1.29, 1.82) is 0 Å². The zero-order valence-corrected chi connectivity index (χ0v) is 12.6. The lowest BCUT2D eigenvalue weighted by molar-refractivity contribution is -0.147. The molecular weight excluding hydrogens is 308 g/mol. The van der Waals surface area contributed by atoms with Crippen molar-refractivity contribution in [2.45, 2.75) is 6.04 Å². The molecule has 1 N–H and O–H groups in total. The third-order valence-electron chi connectivity index (χ3n) is 3.34. The van der Waals surface area contributed by atoms with Crippen molar-refractivity contribution in [3.63, 3.8) is 0 Å². The lowest BCUT2D eigenvalue weighted by atomic mass is 10.2. The maximum Gasteiger partial charge on any atom is 0.328 e. The molecule has 3 heterocycles. The summed E-state index contributed by atoms with van der Waals surface area (Å²) in [6.07, 6.45) is 4.95. The van der Waals surface area contributed by atoms with Gasteiger partial charge >= 0.3 is 5.97 Å². The number of carbonyl (C=O) groups is 2. The summed E-state index contributed by atoms with van der Waals surface area (Å²) in [4.78, 5) is 29.7. The molecule has 0 unspecified atom stereocenters. The van der Waals surface area contributed by atoms with E-state index in [0.717, 1.165) is 5.56 Å². The number of hydrogen-bond donors (Lipinski definition) is 1. The van der Waals surface area contributed by atoms with Crippen LogP contribution in [-0.2, 0) is 16.6 Å². The second kappa shape index (κ2) is 5.85. The van der Waals surface area contributed by atoms with Crippen molar-refractivity contribution in [2.75, 3.05) is 19.8 Å². The Balaban J connectivity index is 1.83. The highest BCUT2D eigenvalue weighted by Gasteiger charge is 2.34. The van der Waals surface area contributed by atoms with E-state index in [-0.39, 0.29) is 19.1 Å². The normalized spacial score (nSPS) is 18.4. The van der Waals surface area contributed by atoms with Gasteiger partial charge in [0.1, 0.15) is 9.88 Å². The molecule has 1 aliphatic rings. The number of aromatic nitrogens is 3. The van der Waals surface area contributed by atoms with Gasteiger partial charge < -0.3 is 14.7 Å². The first-order chi connectivity index (χ1) is 10.6. The Morgan fingerprint density at radius 2 is 2.27 bits per heavy atom. The number of ether oxygens (including phenoxy) is 1. The molecule has 9 heteroatoms. The molecule has 0 saturated carbocycles. The first-order valence-electron chi connectivity index (χ1n) is 6.62. The van der Waals surface area contributed by atoms with Crippen LogP contribution in [0.4, 0.5) is 0 Å². The molecule has 116 valence electrons. The topological polar surface area (TPSA) is 97.6 Å². The number of rotatable bonds is 3. The maximum absolute atomic E-state index is 12.5. The Labute approximate surface area is 129 Å². The third kappa shape index (κ3) is 2.72. The summed E-state index contributed by atoms with van der Waals surface area (Å²) in [6, 6.07) is -0.954. The summed E-state index contributed by atoms with van der Waals surface area (Å²) in [6.45, 7) is 0.606. The first-order valence-corrected chi connectivity index (χ1v) is 7.44. The number of carboxylic acid groups (broad SMARTS) is 1. The molecule has 0 aromatic carbocycles. The van der Waals surface area contributed by atoms with Crippen LogP contribution in [-0.4, -0.2) is 62.4 Å². The van der Waals surface area contributed by atoms with E-state index in [2.05, 4.69) is 10.1 Å². The third-order valence-corrected chi connectivity index (χ3v) is 4.38. The molecule has 1 saturated heterocycles. The Bertz CT molecular complexity index is 710. The molecule has 1 aliphatic heterocycles. The average molecular weight is 322 g/mol. The summed E-state index contributed by atoms with van der Waals surface area (Å²) in [5.74, 6) is -1.40. The summed E-state index contributed by atoms with van der Waals surface area (Å²) >= 11 is 1.23.